The maximum atomic E-state index is 14.0. The SMILES string of the molecule is I.NC(=NCc1ccc(C2CC2)cc1F)NC1CCCC1. The van der Waals surface area contributed by atoms with Crippen LogP contribution in [0.1, 0.15) is 55.6 Å². The molecule has 0 aliphatic heterocycles. The summed E-state index contributed by atoms with van der Waals surface area (Å²) in [6.45, 7) is 0.308. The van der Waals surface area contributed by atoms with E-state index in [1.807, 2.05) is 12.1 Å². The van der Waals surface area contributed by atoms with Gasteiger partial charge in [0.15, 0.2) is 5.96 Å². The van der Waals surface area contributed by atoms with Gasteiger partial charge in [-0.05, 0) is 43.2 Å². The Balaban J connectivity index is 0.00000161. The van der Waals surface area contributed by atoms with Crippen LogP contribution < -0.4 is 11.1 Å². The summed E-state index contributed by atoms with van der Waals surface area (Å²) < 4.78 is 14.0. The highest BCUT2D eigenvalue weighted by Crippen LogP contribution is 2.40. The van der Waals surface area contributed by atoms with Gasteiger partial charge in [-0.2, -0.15) is 0 Å². The summed E-state index contributed by atoms with van der Waals surface area (Å²) in [5.41, 5.74) is 7.59. The van der Waals surface area contributed by atoms with E-state index in [-0.39, 0.29) is 29.8 Å². The first-order valence-electron chi connectivity index (χ1n) is 7.57. The van der Waals surface area contributed by atoms with Crippen molar-refractivity contribution >= 4 is 29.9 Å². The predicted molar refractivity (Wildman–Crippen MR) is 94.5 cm³/mol. The summed E-state index contributed by atoms with van der Waals surface area (Å²) in [7, 11) is 0. The zero-order chi connectivity index (χ0) is 13.9. The number of halogens is 2. The van der Waals surface area contributed by atoms with Crippen LogP contribution in [0.4, 0.5) is 4.39 Å². The smallest absolute Gasteiger partial charge is 0.189 e. The van der Waals surface area contributed by atoms with E-state index in [9.17, 15) is 4.39 Å². The van der Waals surface area contributed by atoms with Gasteiger partial charge in [0.05, 0.1) is 6.54 Å². The molecule has 1 aromatic carbocycles. The molecule has 116 valence electrons. The van der Waals surface area contributed by atoms with Crippen LogP contribution in [0.15, 0.2) is 23.2 Å². The second kappa shape index (κ2) is 7.42. The molecule has 0 bridgehead atoms. The molecular weight excluding hydrogens is 380 g/mol. The van der Waals surface area contributed by atoms with Crippen LogP contribution in [0, 0.1) is 5.82 Å². The summed E-state index contributed by atoms with van der Waals surface area (Å²) in [4.78, 5) is 4.25. The van der Waals surface area contributed by atoms with Gasteiger partial charge < -0.3 is 11.1 Å². The first kappa shape index (κ1) is 16.5. The van der Waals surface area contributed by atoms with E-state index in [4.69, 9.17) is 5.73 Å². The minimum atomic E-state index is -0.160. The third-order valence-electron chi connectivity index (χ3n) is 4.25. The summed E-state index contributed by atoms with van der Waals surface area (Å²) in [5.74, 6) is 0.852. The van der Waals surface area contributed by atoms with Gasteiger partial charge in [-0.25, -0.2) is 9.38 Å². The maximum Gasteiger partial charge on any atom is 0.189 e. The number of nitrogens with one attached hydrogen (secondary N) is 1. The van der Waals surface area contributed by atoms with Crippen LogP contribution in [0.3, 0.4) is 0 Å². The summed E-state index contributed by atoms with van der Waals surface area (Å²) in [6, 6.07) is 5.96. The van der Waals surface area contributed by atoms with E-state index in [0.29, 0.717) is 30.0 Å². The fourth-order valence-corrected chi connectivity index (χ4v) is 2.86. The lowest BCUT2D eigenvalue weighted by Gasteiger charge is -2.12. The Kier molecular flexibility index (Phi) is 5.84. The molecule has 2 fully saturated rings. The lowest BCUT2D eigenvalue weighted by Crippen LogP contribution is -2.38. The van der Waals surface area contributed by atoms with Crippen LogP contribution in [0.25, 0.3) is 0 Å². The summed E-state index contributed by atoms with van der Waals surface area (Å²) in [5, 5.41) is 3.21. The highest BCUT2D eigenvalue weighted by molar-refractivity contribution is 14.0. The molecule has 5 heteroatoms. The molecule has 2 aliphatic carbocycles. The van der Waals surface area contributed by atoms with E-state index < -0.39 is 0 Å². The normalized spacial score (nSPS) is 19.4. The Hall–Kier alpha value is -0.850. The Morgan fingerprint density at radius 2 is 1.95 bits per heavy atom. The molecule has 2 aliphatic rings. The van der Waals surface area contributed by atoms with E-state index in [2.05, 4.69) is 10.3 Å². The Morgan fingerprint density at radius 1 is 1.24 bits per heavy atom. The van der Waals surface area contributed by atoms with Gasteiger partial charge in [-0.3, -0.25) is 0 Å². The molecular formula is C16H23FIN3. The molecule has 0 aromatic heterocycles. The molecule has 0 amide bonds. The number of nitrogens with two attached hydrogens (primary N) is 1. The molecule has 1 aromatic rings. The first-order valence-corrected chi connectivity index (χ1v) is 7.57. The zero-order valence-electron chi connectivity index (χ0n) is 12.1. The molecule has 0 atom stereocenters. The van der Waals surface area contributed by atoms with Gasteiger partial charge in [-0.1, -0.05) is 25.0 Å². The Labute approximate surface area is 142 Å². The lowest BCUT2D eigenvalue weighted by atomic mass is 10.1. The van der Waals surface area contributed by atoms with Crippen molar-refractivity contribution in [2.75, 3.05) is 0 Å². The number of nitrogens with zero attached hydrogens (tertiary/aromatic N) is 1. The standard InChI is InChI=1S/C16H22FN3.HI/c17-15-9-12(11-5-6-11)7-8-13(15)10-19-16(18)20-14-3-1-2-4-14;/h7-9,11,14H,1-6,10H2,(H3,18,19,20);1H. The molecule has 0 radical (unpaired) electrons. The van der Waals surface area contributed by atoms with Gasteiger partial charge >= 0.3 is 0 Å². The molecule has 3 rings (SSSR count). The zero-order valence-corrected chi connectivity index (χ0v) is 14.5. The Bertz CT molecular complexity index is 508. The molecule has 0 heterocycles. The highest BCUT2D eigenvalue weighted by Gasteiger charge is 2.24. The van der Waals surface area contributed by atoms with E-state index >= 15 is 0 Å². The van der Waals surface area contributed by atoms with Crippen LogP contribution in [-0.4, -0.2) is 12.0 Å². The van der Waals surface area contributed by atoms with Crippen molar-refractivity contribution in [3.8, 4) is 0 Å². The third kappa shape index (κ3) is 4.56. The number of guanidine groups is 1. The second-order valence-corrected chi connectivity index (χ2v) is 5.95. The number of aliphatic imine (C=N–C) groups is 1. The largest absolute Gasteiger partial charge is 0.370 e. The second-order valence-electron chi connectivity index (χ2n) is 5.95. The monoisotopic (exact) mass is 403 g/mol. The summed E-state index contributed by atoms with van der Waals surface area (Å²) >= 11 is 0. The van der Waals surface area contributed by atoms with Gasteiger partial charge in [-0.15, -0.1) is 24.0 Å². The minimum absolute atomic E-state index is 0. The Morgan fingerprint density at radius 3 is 2.57 bits per heavy atom. The highest BCUT2D eigenvalue weighted by atomic mass is 127. The molecule has 21 heavy (non-hydrogen) atoms. The van der Waals surface area contributed by atoms with Gasteiger partial charge in [0.1, 0.15) is 5.82 Å². The lowest BCUT2D eigenvalue weighted by molar-refractivity contribution is 0.605. The minimum Gasteiger partial charge on any atom is -0.370 e. The fourth-order valence-electron chi connectivity index (χ4n) is 2.86. The van der Waals surface area contributed by atoms with Crippen molar-refractivity contribution in [3.05, 3.63) is 35.1 Å². The quantitative estimate of drug-likeness (QED) is 0.458. The van der Waals surface area contributed by atoms with Crippen LogP contribution in [-0.2, 0) is 6.54 Å². The van der Waals surface area contributed by atoms with Crippen molar-refractivity contribution in [3.63, 3.8) is 0 Å². The van der Waals surface area contributed by atoms with E-state index in [1.165, 1.54) is 25.7 Å². The first-order chi connectivity index (χ1) is 9.72. The van der Waals surface area contributed by atoms with Crippen molar-refractivity contribution in [2.45, 2.75) is 57.0 Å². The van der Waals surface area contributed by atoms with Crippen molar-refractivity contribution in [1.82, 2.24) is 5.32 Å². The van der Waals surface area contributed by atoms with Crippen LogP contribution in [0.5, 0.6) is 0 Å². The van der Waals surface area contributed by atoms with Gasteiger partial charge in [0, 0.05) is 11.6 Å². The van der Waals surface area contributed by atoms with Crippen molar-refractivity contribution < 1.29 is 4.39 Å². The third-order valence-corrected chi connectivity index (χ3v) is 4.25. The number of hydrogen-bond donors (Lipinski definition) is 2. The molecule has 0 saturated heterocycles. The van der Waals surface area contributed by atoms with Gasteiger partial charge in [0.25, 0.3) is 0 Å². The van der Waals surface area contributed by atoms with Crippen molar-refractivity contribution in [2.24, 2.45) is 10.7 Å². The summed E-state index contributed by atoms with van der Waals surface area (Å²) in [6.07, 6.45) is 7.19. The van der Waals surface area contributed by atoms with E-state index in [0.717, 1.165) is 18.4 Å². The molecule has 0 spiro atoms. The molecule has 2 saturated carbocycles. The van der Waals surface area contributed by atoms with Gasteiger partial charge in [0.2, 0.25) is 0 Å². The molecule has 3 nitrogen and oxygen atoms in total. The predicted octanol–water partition coefficient (Wildman–Crippen LogP) is 3.67. The van der Waals surface area contributed by atoms with E-state index in [1.54, 1.807) is 6.07 Å². The van der Waals surface area contributed by atoms with Crippen LogP contribution >= 0.6 is 24.0 Å². The average molecular weight is 403 g/mol. The fraction of sp³-hybridized carbons (Fsp3) is 0.562. The van der Waals surface area contributed by atoms with Crippen LogP contribution in [0.2, 0.25) is 0 Å². The number of benzene rings is 1. The van der Waals surface area contributed by atoms with Crippen molar-refractivity contribution in [1.29, 1.82) is 0 Å². The number of rotatable bonds is 4. The average Bonchev–Trinajstić information content (AvgIpc) is 3.16. The molecule has 0 unspecified atom stereocenters. The maximum absolute atomic E-state index is 14.0. The topological polar surface area (TPSA) is 50.4 Å². The number of hydrogen-bond acceptors (Lipinski definition) is 1. The molecule has 3 N–H and O–H groups in total.